The third-order valence-corrected chi connectivity index (χ3v) is 4.04. The first-order chi connectivity index (χ1) is 12.9. The van der Waals surface area contributed by atoms with Gasteiger partial charge in [-0.15, -0.1) is 0 Å². The number of nitrogens with one attached hydrogen (secondary N) is 3. The number of H-pyrrole nitrogens is 1. The van der Waals surface area contributed by atoms with Gasteiger partial charge in [0.1, 0.15) is 17.6 Å². The second kappa shape index (κ2) is 7.46. The van der Waals surface area contributed by atoms with Gasteiger partial charge in [0, 0.05) is 18.2 Å². The van der Waals surface area contributed by atoms with Gasteiger partial charge in [-0.2, -0.15) is 0 Å². The average Bonchev–Trinajstić information content (AvgIpc) is 3.26. The molecule has 3 amide bonds. The summed E-state index contributed by atoms with van der Waals surface area (Å²) in [5.41, 5.74) is 2.40. The van der Waals surface area contributed by atoms with Gasteiger partial charge in [0.05, 0.1) is 18.8 Å². The molecule has 142 valence electrons. The third-order valence-electron chi connectivity index (χ3n) is 4.04. The van der Waals surface area contributed by atoms with E-state index in [0.29, 0.717) is 11.4 Å². The fraction of sp³-hybridized carbons (Fsp3) is 0.235. The molecule has 3 rings (SSSR count). The summed E-state index contributed by atoms with van der Waals surface area (Å²) in [5.74, 6) is -1.59. The largest absolute Gasteiger partial charge is 0.442 e. The molecule has 10 heteroatoms. The van der Waals surface area contributed by atoms with E-state index in [0.717, 1.165) is 0 Å². The molecule has 1 aliphatic heterocycles. The van der Waals surface area contributed by atoms with Gasteiger partial charge in [-0.05, 0) is 30.3 Å². The van der Waals surface area contributed by atoms with Crippen molar-refractivity contribution < 1.29 is 28.7 Å². The molecule has 0 bridgehead atoms. The Morgan fingerprint density at radius 3 is 2.81 bits per heavy atom. The van der Waals surface area contributed by atoms with Crippen LogP contribution in [0, 0.1) is 5.82 Å². The summed E-state index contributed by atoms with van der Waals surface area (Å²) in [7, 11) is 0. The van der Waals surface area contributed by atoms with Gasteiger partial charge < -0.3 is 15.0 Å². The lowest BCUT2D eigenvalue weighted by atomic mass is 10.1. The normalized spacial score (nSPS) is 16.2. The first kappa shape index (κ1) is 18.4. The molecular weight excluding hydrogens is 359 g/mol. The summed E-state index contributed by atoms with van der Waals surface area (Å²) in [6.45, 7) is 1.72. The van der Waals surface area contributed by atoms with E-state index in [-0.39, 0.29) is 30.3 Å². The number of benzene rings is 1. The maximum absolute atomic E-state index is 14.6. The molecule has 1 aliphatic rings. The fourth-order valence-electron chi connectivity index (χ4n) is 2.73. The number of halogens is 1. The number of aromatic nitrogens is 1. The quantitative estimate of drug-likeness (QED) is 0.464. The number of nitrogens with zero attached hydrogens (tertiary/aromatic N) is 1. The topological polar surface area (TPSA) is 124 Å². The van der Waals surface area contributed by atoms with Crippen molar-refractivity contribution >= 4 is 23.6 Å². The number of carbonyl (C=O) groups is 3. The van der Waals surface area contributed by atoms with Crippen molar-refractivity contribution in [3.8, 4) is 11.3 Å². The highest BCUT2D eigenvalue weighted by molar-refractivity contribution is 5.93. The lowest BCUT2D eigenvalue weighted by Crippen LogP contribution is -2.33. The predicted octanol–water partition coefficient (Wildman–Crippen LogP) is 1.40. The lowest BCUT2D eigenvalue weighted by molar-refractivity contribution is -0.119. The minimum atomic E-state index is -0.747. The number of rotatable bonds is 5. The van der Waals surface area contributed by atoms with Crippen molar-refractivity contribution in [1.82, 2.24) is 15.8 Å². The minimum Gasteiger partial charge on any atom is -0.442 e. The zero-order valence-electron chi connectivity index (χ0n) is 14.3. The smallest absolute Gasteiger partial charge is 0.414 e. The molecule has 0 aliphatic carbocycles. The second-order valence-corrected chi connectivity index (χ2v) is 5.94. The SMILES string of the molecule is CC(=O)NC[C@H]1CN(c2ccc(-c3ccc(C(=O)NO)[nH]3)c(F)c2)C(=O)O1. The fourth-order valence-corrected chi connectivity index (χ4v) is 2.73. The van der Waals surface area contributed by atoms with Gasteiger partial charge in [-0.3, -0.25) is 19.7 Å². The van der Waals surface area contributed by atoms with Crippen LogP contribution in [0.2, 0.25) is 0 Å². The van der Waals surface area contributed by atoms with Crippen LogP contribution in [0.1, 0.15) is 17.4 Å². The van der Waals surface area contributed by atoms with Gasteiger partial charge in [0.2, 0.25) is 5.91 Å². The van der Waals surface area contributed by atoms with Gasteiger partial charge in [-0.1, -0.05) is 0 Å². The zero-order chi connectivity index (χ0) is 19.6. The van der Waals surface area contributed by atoms with E-state index < -0.39 is 23.9 Å². The Morgan fingerprint density at radius 2 is 2.15 bits per heavy atom. The Kier molecular flexibility index (Phi) is 5.08. The molecule has 0 radical (unpaired) electrons. The number of amides is 3. The Morgan fingerprint density at radius 1 is 1.37 bits per heavy atom. The summed E-state index contributed by atoms with van der Waals surface area (Å²) in [4.78, 5) is 38.3. The molecule has 0 saturated carbocycles. The molecule has 1 aromatic carbocycles. The number of anilines is 1. The summed E-state index contributed by atoms with van der Waals surface area (Å²) in [6.07, 6.45) is -1.15. The minimum absolute atomic E-state index is 0.0694. The highest BCUT2D eigenvalue weighted by Gasteiger charge is 2.32. The van der Waals surface area contributed by atoms with Crippen LogP contribution in [-0.2, 0) is 9.53 Å². The van der Waals surface area contributed by atoms with Crippen LogP contribution in [-0.4, -0.2) is 47.3 Å². The van der Waals surface area contributed by atoms with Crippen molar-refractivity contribution in [3.63, 3.8) is 0 Å². The van der Waals surface area contributed by atoms with Crippen LogP contribution >= 0.6 is 0 Å². The molecule has 1 aromatic heterocycles. The van der Waals surface area contributed by atoms with Crippen LogP contribution in [0.5, 0.6) is 0 Å². The van der Waals surface area contributed by atoms with E-state index in [1.165, 1.54) is 41.6 Å². The van der Waals surface area contributed by atoms with Crippen molar-refractivity contribution in [2.24, 2.45) is 0 Å². The monoisotopic (exact) mass is 376 g/mol. The van der Waals surface area contributed by atoms with E-state index in [4.69, 9.17) is 9.94 Å². The number of hydrogen-bond donors (Lipinski definition) is 4. The maximum atomic E-state index is 14.6. The highest BCUT2D eigenvalue weighted by atomic mass is 19.1. The molecule has 0 spiro atoms. The van der Waals surface area contributed by atoms with Crippen LogP contribution in [0.15, 0.2) is 30.3 Å². The molecule has 1 fully saturated rings. The van der Waals surface area contributed by atoms with Crippen LogP contribution in [0.4, 0.5) is 14.9 Å². The number of carbonyl (C=O) groups excluding carboxylic acids is 3. The molecule has 2 aromatic rings. The van der Waals surface area contributed by atoms with Gasteiger partial charge in [-0.25, -0.2) is 14.7 Å². The Bertz CT molecular complexity index is 897. The molecule has 4 N–H and O–H groups in total. The van der Waals surface area contributed by atoms with E-state index >= 15 is 0 Å². The Hall–Kier alpha value is -3.40. The second-order valence-electron chi connectivity index (χ2n) is 5.94. The standard InChI is InChI=1S/C17H17FN4O5/c1-9(23)19-7-11-8-22(17(25)27-11)10-2-3-12(13(18)6-10)14-4-5-15(20-14)16(24)21-26/h2-6,11,20,26H,7-8H2,1H3,(H,19,23)(H,21,24)/t11-/m0/s1. The third kappa shape index (κ3) is 3.90. The van der Waals surface area contributed by atoms with Crippen molar-refractivity contribution in [2.45, 2.75) is 13.0 Å². The van der Waals surface area contributed by atoms with E-state index in [9.17, 15) is 18.8 Å². The summed E-state index contributed by atoms with van der Waals surface area (Å²) >= 11 is 0. The molecular formula is C17H17FN4O5. The number of cyclic esters (lactones) is 1. The van der Waals surface area contributed by atoms with E-state index in [1.54, 1.807) is 6.07 Å². The van der Waals surface area contributed by atoms with Crippen molar-refractivity contribution in [1.29, 1.82) is 0 Å². The zero-order valence-corrected chi connectivity index (χ0v) is 14.3. The first-order valence-corrected chi connectivity index (χ1v) is 8.05. The predicted molar refractivity (Wildman–Crippen MR) is 91.7 cm³/mol. The van der Waals surface area contributed by atoms with Crippen LogP contribution in [0.3, 0.4) is 0 Å². The van der Waals surface area contributed by atoms with Gasteiger partial charge in [0.25, 0.3) is 5.91 Å². The van der Waals surface area contributed by atoms with E-state index in [1.807, 2.05) is 0 Å². The molecule has 1 atom stereocenters. The molecule has 2 heterocycles. The summed E-state index contributed by atoms with van der Waals surface area (Å²) in [6, 6.07) is 7.09. The first-order valence-electron chi connectivity index (χ1n) is 8.05. The molecule has 9 nitrogen and oxygen atoms in total. The summed E-state index contributed by atoms with van der Waals surface area (Å²) in [5, 5.41) is 11.2. The van der Waals surface area contributed by atoms with Crippen LogP contribution in [0.25, 0.3) is 11.3 Å². The number of aromatic amines is 1. The number of hydrogen-bond acceptors (Lipinski definition) is 5. The number of hydroxylamine groups is 1. The maximum Gasteiger partial charge on any atom is 0.414 e. The molecule has 27 heavy (non-hydrogen) atoms. The lowest BCUT2D eigenvalue weighted by Gasteiger charge is -2.14. The van der Waals surface area contributed by atoms with Crippen molar-refractivity contribution in [2.75, 3.05) is 18.0 Å². The van der Waals surface area contributed by atoms with Gasteiger partial charge in [0.15, 0.2) is 0 Å². The Balaban J connectivity index is 1.77. The molecule has 1 saturated heterocycles. The Labute approximate surface area is 153 Å². The average molecular weight is 376 g/mol. The van der Waals surface area contributed by atoms with Crippen LogP contribution < -0.4 is 15.7 Å². The van der Waals surface area contributed by atoms with E-state index in [2.05, 4.69) is 10.3 Å². The van der Waals surface area contributed by atoms with Crippen molar-refractivity contribution in [3.05, 3.63) is 41.8 Å². The summed E-state index contributed by atoms with van der Waals surface area (Å²) < 4.78 is 19.7. The highest BCUT2D eigenvalue weighted by Crippen LogP contribution is 2.28. The van der Waals surface area contributed by atoms with Gasteiger partial charge >= 0.3 is 6.09 Å². The molecule has 0 unspecified atom stereocenters. The number of ether oxygens (including phenoxy) is 1.